The van der Waals surface area contributed by atoms with E-state index in [0.29, 0.717) is 27.7 Å². The van der Waals surface area contributed by atoms with E-state index in [1.807, 2.05) is 24.3 Å². The van der Waals surface area contributed by atoms with Crippen LogP contribution < -0.4 is 10.1 Å². The summed E-state index contributed by atoms with van der Waals surface area (Å²) in [6.45, 7) is 1.12. The van der Waals surface area contributed by atoms with Crippen molar-refractivity contribution < 1.29 is 23.0 Å². The molecule has 1 atom stereocenters. The largest absolute Gasteiger partial charge is 0.462 e. The lowest BCUT2D eigenvalue weighted by atomic mass is 9.94. The van der Waals surface area contributed by atoms with Crippen LogP contribution in [0.3, 0.4) is 0 Å². The van der Waals surface area contributed by atoms with E-state index in [0.717, 1.165) is 37.6 Å². The fraction of sp³-hybridized carbons (Fsp3) is 0.385. The van der Waals surface area contributed by atoms with Gasteiger partial charge in [0.2, 0.25) is 5.95 Å². The number of nitrogens with zero attached hydrogens (tertiary/aromatic N) is 2. The van der Waals surface area contributed by atoms with Crippen molar-refractivity contribution in [1.82, 2.24) is 9.55 Å². The fourth-order valence-corrected chi connectivity index (χ4v) is 4.59. The van der Waals surface area contributed by atoms with Crippen LogP contribution in [0, 0.1) is 0 Å². The molecule has 1 aliphatic rings. The third-order valence-electron chi connectivity index (χ3n) is 6.01. The van der Waals surface area contributed by atoms with Gasteiger partial charge in [-0.25, -0.2) is 9.78 Å². The SMILES string of the molecule is CCCCCCCOC(=O)C1=C(C)Nc2nc3ccccc3n2[C@@H]1c1cc(Cl)ccc1OC(F)F. The van der Waals surface area contributed by atoms with E-state index in [1.54, 1.807) is 17.6 Å². The number of allylic oxidation sites excluding steroid dienone is 1. The summed E-state index contributed by atoms with van der Waals surface area (Å²) < 4.78 is 38.9. The standard InChI is InChI=1S/C26H28ClF2N3O3/c1-3-4-5-6-9-14-34-24(33)22-16(2)30-26-31-19-10-7-8-11-20(19)32(26)23(22)18-15-17(27)12-13-21(18)35-25(28)29/h7-8,10-13,15,23,25H,3-6,9,14H2,1-2H3,(H,30,31)/t23-/m1/s1. The summed E-state index contributed by atoms with van der Waals surface area (Å²) in [7, 11) is 0. The Balaban J connectivity index is 1.77. The van der Waals surface area contributed by atoms with Crippen molar-refractivity contribution in [1.29, 1.82) is 0 Å². The summed E-state index contributed by atoms with van der Waals surface area (Å²) in [5.74, 6) is -0.118. The lowest BCUT2D eigenvalue weighted by Gasteiger charge is -2.31. The maximum atomic E-state index is 13.4. The summed E-state index contributed by atoms with van der Waals surface area (Å²) in [6, 6.07) is 11.0. The molecule has 0 bridgehead atoms. The molecule has 0 amide bonds. The Bertz CT molecular complexity index is 1240. The number of unbranched alkanes of at least 4 members (excludes halogenated alkanes) is 4. The molecule has 4 rings (SSSR count). The van der Waals surface area contributed by atoms with Crippen LogP contribution in [0.15, 0.2) is 53.7 Å². The van der Waals surface area contributed by atoms with Crippen molar-refractivity contribution in [3.05, 3.63) is 64.3 Å². The second-order valence-corrected chi connectivity index (χ2v) is 8.91. The number of benzene rings is 2. The summed E-state index contributed by atoms with van der Waals surface area (Å²) in [6.07, 6.45) is 5.08. The van der Waals surface area contributed by atoms with Crippen LogP contribution >= 0.6 is 11.6 Å². The van der Waals surface area contributed by atoms with Crippen LogP contribution in [-0.4, -0.2) is 28.7 Å². The minimum atomic E-state index is -3.04. The maximum Gasteiger partial charge on any atom is 0.387 e. The van der Waals surface area contributed by atoms with Crippen molar-refractivity contribution in [3.8, 4) is 5.75 Å². The van der Waals surface area contributed by atoms with E-state index < -0.39 is 18.6 Å². The van der Waals surface area contributed by atoms with Crippen LogP contribution in [0.5, 0.6) is 5.75 Å². The molecule has 35 heavy (non-hydrogen) atoms. The number of esters is 1. The van der Waals surface area contributed by atoms with Gasteiger partial charge in [-0.15, -0.1) is 0 Å². The lowest BCUT2D eigenvalue weighted by Crippen LogP contribution is -2.29. The molecule has 1 N–H and O–H groups in total. The van der Waals surface area contributed by atoms with E-state index in [9.17, 15) is 13.6 Å². The minimum Gasteiger partial charge on any atom is -0.462 e. The maximum absolute atomic E-state index is 13.4. The Morgan fingerprint density at radius 1 is 1.17 bits per heavy atom. The number of imidazole rings is 1. The van der Waals surface area contributed by atoms with Crippen molar-refractivity contribution in [3.63, 3.8) is 0 Å². The van der Waals surface area contributed by atoms with E-state index >= 15 is 0 Å². The Hall–Kier alpha value is -3.13. The zero-order valence-corrected chi connectivity index (χ0v) is 20.4. The van der Waals surface area contributed by atoms with Gasteiger partial charge in [0, 0.05) is 16.3 Å². The van der Waals surface area contributed by atoms with Gasteiger partial charge in [-0.05, 0) is 43.7 Å². The molecule has 0 spiro atoms. The Morgan fingerprint density at radius 2 is 1.94 bits per heavy atom. The molecule has 9 heteroatoms. The molecule has 6 nitrogen and oxygen atoms in total. The Kier molecular flexibility index (Phi) is 7.90. The second kappa shape index (κ2) is 11.1. The van der Waals surface area contributed by atoms with Gasteiger partial charge in [-0.1, -0.05) is 56.3 Å². The van der Waals surface area contributed by atoms with E-state index in [-0.39, 0.29) is 17.9 Å². The zero-order valence-electron chi connectivity index (χ0n) is 19.7. The third kappa shape index (κ3) is 5.42. The normalized spacial score (nSPS) is 15.3. The zero-order chi connectivity index (χ0) is 24.9. The minimum absolute atomic E-state index is 0.0716. The van der Waals surface area contributed by atoms with E-state index in [4.69, 9.17) is 21.1 Å². The van der Waals surface area contributed by atoms with Gasteiger partial charge >= 0.3 is 12.6 Å². The number of carbonyl (C=O) groups excluding carboxylic acids is 1. The first-order valence-electron chi connectivity index (χ1n) is 11.8. The average molecular weight is 504 g/mol. The number of para-hydroxylation sites is 2. The van der Waals surface area contributed by atoms with Crippen molar-refractivity contribution in [2.24, 2.45) is 0 Å². The monoisotopic (exact) mass is 503 g/mol. The molecular formula is C26H28ClF2N3O3. The fourth-order valence-electron chi connectivity index (χ4n) is 4.41. The van der Waals surface area contributed by atoms with Gasteiger partial charge in [0.1, 0.15) is 5.75 Å². The number of hydrogen-bond donors (Lipinski definition) is 1. The molecular weight excluding hydrogens is 476 g/mol. The number of alkyl halides is 2. The predicted molar refractivity (Wildman–Crippen MR) is 132 cm³/mol. The number of ether oxygens (including phenoxy) is 2. The van der Waals surface area contributed by atoms with Gasteiger partial charge in [0.25, 0.3) is 0 Å². The van der Waals surface area contributed by atoms with E-state index in [1.165, 1.54) is 12.1 Å². The summed E-state index contributed by atoms with van der Waals surface area (Å²) in [5, 5.41) is 3.51. The molecule has 0 unspecified atom stereocenters. The second-order valence-electron chi connectivity index (χ2n) is 8.47. The molecule has 0 saturated heterocycles. The number of halogens is 3. The number of nitrogens with one attached hydrogen (secondary N) is 1. The summed E-state index contributed by atoms with van der Waals surface area (Å²) in [5.41, 5.74) is 2.54. The number of fused-ring (bicyclic) bond motifs is 3. The molecule has 1 aliphatic heterocycles. The molecule has 0 fully saturated rings. The van der Waals surface area contributed by atoms with Crippen LogP contribution in [0.4, 0.5) is 14.7 Å². The summed E-state index contributed by atoms with van der Waals surface area (Å²) in [4.78, 5) is 18.0. The number of rotatable bonds is 10. The number of aromatic nitrogens is 2. The molecule has 3 aromatic rings. The van der Waals surface area contributed by atoms with Gasteiger partial charge in [-0.2, -0.15) is 8.78 Å². The van der Waals surface area contributed by atoms with Gasteiger partial charge in [0.15, 0.2) is 0 Å². The summed E-state index contributed by atoms with van der Waals surface area (Å²) >= 11 is 6.28. The molecule has 186 valence electrons. The first-order valence-corrected chi connectivity index (χ1v) is 12.1. The van der Waals surface area contributed by atoms with Crippen molar-refractivity contribution in [2.75, 3.05) is 11.9 Å². The number of carbonyl (C=O) groups is 1. The van der Waals surface area contributed by atoms with Crippen LogP contribution in [0.1, 0.15) is 57.6 Å². The quantitative estimate of drug-likeness (QED) is 0.236. The first kappa shape index (κ1) is 25.0. The Morgan fingerprint density at radius 3 is 2.71 bits per heavy atom. The third-order valence-corrected chi connectivity index (χ3v) is 6.25. The van der Waals surface area contributed by atoms with Crippen molar-refractivity contribution >= 4 is 34.6 Å². The van der Waals surface area contributed by atoms with Crippen LogP contribution in [-0.2, 0) is 9.53 Å². The van der Waals surface area contributed by atoms with Gasteiger partial charge in [-0.3, -0.25) is 4.57 Å². The highest BCUT2D eigenvalue weighted by Gasteiger charge is 2.37. The number of anilines is 1. The van der Waals surface area contributed by atoms with Crippen molar-refractivity contribution in [2.45, 2.75) is 58.6 Å². The molecule has 2 heterocycles. The Labute approximate surface area is 207 Å². The molecule has 1 aromatic heterocycles. The van der Waals surface area contributed by atoms with Gasteiger partial charge in [0.05, 0.1) is 29.3 Å². The van der Waals surface area contributed by atoms with Gasteiger partial charge < -0.3 is 14.8 Å². The number of hydrogen-bond acceptors (Lipinski definition) is 5. The predicted octanol–water partition coefficient (Wildman–Crippen LogP) is 7.09. The molecule has 0 aliphatic carbocycles. The molecule has 0 radical (unpaired) electrons. The highest BCUT2D eigenvalue weighted by Crippen LogP contribution is 2.43. The highest BCUT2D eigenvalue weighted by molar-refractivity contribution is 6.30. The highest BCUT2D eigenvalue weighted by atomic mass is 35.5. The smallest absolute Gasteiger partial charge is 0.387 e. The van der Waals surface area contributed by atoms with Crippen LogP contribution in [0.2, 0.25) is 5.02 Å². The molecule has 2 aromatic carbocycles. The topological polar surface area (TPSA) is 65.4 Å². The van der Waals surface area contributed by atoms with E-state index in [2.05, 4.69) is 17.2 Å². The average Bonchev–Trinajstić information content (AvgIpc) is 3.19. The first-order chi connectivity index (χ1) is 16.9. The van der Waals surface area contributed by atoms with Crippen LogP contribution in [0.25, 0.3) is 11.0 Å². The molecule has 0 saturated carbocycles. The lowest BCUT2D eigenvalue weighted by molar-refractivity contribution is -0.139.